The van der Waals surface area contributed by atoms with Crippen LogP contribution in [0.3, 0.4) is 0 Å². The molecule has 3 nitrogen and oxygen atoms in total. The van der Waals surface area contributed by atoms with E-state index in [1.165, 1.54) is 12.3 Å². The third-order valence-corrected chi connectivity index (χ3v) is 5.25. The van der Waals surface area contributed by atoms with Gasteiger partial charge in [0.2, 0.25) is 5.92 Å². The Morgan fingerprint density at radius 1 is 1.26 bits per heavy atom. The van der Waals surface area contributed by atoms with Crippen molar-refractivity contribution in [1.82, 2.24) is 10.3 Å². The van der Waals surface area contributed by atoms with Crippen LogP contribution in [0, 0.1) is 11.7 Å². The number of benzene rings is 1. The summed E-state index contributed by atoms with van der Waals surface area (Å²) in [5.41, 5.74) is -0.589. The minimum atomic E-state index is -2.88. The summed E-state index contributed by atoms with van der Waals surface area (Å²) in [5, 5.41) is 3.32. The first-order chi connectivity index (χ1) is 12.7. The standard InChI is InChI=1S/C21H25F3N2O/c1-20(13-21(2,23)24,11-14-6-3-4-7-14)26-19(27)16-10-15-8-5-9-17(22)18(15)25-12-16/h5,8-10,12,14H,3-4,6-7,11,13H2,1-2H3,(H,26,27). The Balaban J connectivity index is 1.82. The summed E-state index contributed by atoms with van der Waals surface area (Å²) in [6.45, 7) is 2.57. The molecule has 1 aliphatic carbocycles. The lowest BCUT2D eigenvalue weighted by molar-refractivity contribution is -0.0162. The SMILES string of the molecule is CC(F)(F)CC(C)(CC1CCCC1)NC(=O)c1cnc2c(F)cccc2c1. The summed E-state index contributed by atoms with van der Waals surface area (Å²) in [6, 6.07) is 6.06. The Hall–Kier alpha value is -2.11. The molecule has 0 radical (unpaired) electrons. The molecule has 1 amide bonds. The monoisotopic (exact) mass is 378 g/mol. The smallest absolute Gasteiger partial charge is 0.253 e. The molecule has 0 spiro atoms. The summed E-state index contributed by atoms with van der Waals surface area (Å²) in [7, 11) is 0. The number of pyridine rings is 1. The Morgan fingerprint density at radius 3 is 2.63 bits per heavy atom. The van der Waals surface area contributed by atoms with Crippen molar-refractivity contribution in [2.24, 2.45) is 5.92 Å². The Kier molecular flexibility index (Phi) is 5.45. The minimum absolute atomic E-state index is 0.183. The number of para-hydroxylation sites is 1. The third kappa shape index (κ3) is 4.99. The quantitative estimate of drug-likeness (QED) is 0.722. The van der Waals surface area contributed by atoms with E-state index in [2.05, 4.69) is 10.3 Å². The van der Waals surface area contributed by atoms with Gasteiger partial charge in [0.25, 0.3) is 5.91 Å². The van der Waals surface area contributed by atoms with Gasteiger partial charge >= 0.3 is 0 Å². The topological polar surface area (TPSA) is 42.0 Å². The number of fused-ring (bicyclic) bond motifs is 1. The van der Waals surface area contributed by atoms with Gasteiger partial charge in [0, 0.05) is 23.5 Å². The van der Waals surface area contributed by atoms with Crippen LogP contribution in [0.15, 0.2) is 30.5 Å². The molecule has 6 heteroatoms. The maximum Gasteiger partial charge on any atom is 0.253 e. The molecule has 0 bridgehead atoms. The number of aromatic nitrogens is 1. The normalized spacial score (nSPS) is 17.8. The second-order valence-electron chi connectivity index (χ2n) is 8.15. The van der Waals surface area contributed by atoms with Gasteiger partial charge in [-0.3, -0.25) is 9.78 Å². The number of nitrogens with one attached hydrogen (secondary N) is 1. The van der Waals surface area contributed by atoms with Crippen LogP contribution in [0.4, 0.5) is 13.2 Å². The molecule has 3 rings (SSSR count). The molecule has 27 heavy (non-hydrogen) atoms. The first-order valence-electron chi connectivity index (χ1n) is 9.40. The number of carbonyl (C=O) groups is 1. The lowest BCUT2D eigenvalue weighted by Gasteiger charge is -2.35. The van der Waals surface area contributed by atoms with Gasteiger partial charge in [-0.1, -0.05) is 37.8 Å². The minimum Gasteiger partial charge on any atom is -0.347 e. The summed E-state index contributed by atoms with van der Waals surface area (Å²) >= 11 is 0. The van der Waals surface area contributed by atoms with E-state index >= 15 is 0 Å². The summed E-state index contributed by atoms with van der Waals surface area (Å²) in [5.74, 6) is -3.46. The average Bonchev–Trinajstić information content (AvgIpc) is 3.05. The van der Waals surface area contributed by atoms with Crippen LogP contribution in [0.25, 0.3) is 10.9 Å². The molecule has 1 unspecified atom stereocenters. The lowest BCUT2D eigenvalue weighted by Crippen LogP contribution is -2.50. The molecule has 1 aliphatic rings. The highest BCUT2D eigenvalue weighted by molar-refractivity contribution is 5.97. The number of hydrogen-bond acceptors (Lipinski definition) is 2. The van der Waals surface area contributed by atoms with Crippen molar-refractivity contribution in [3.8, 4) is 0 Å². The van der Waals surface area contributed by atoms with Gasteiger partial charge in [-0.05, 0) is 38.3 Å². The molecule has 0 aliphatic heterocycles. The van der Waals surface area contributed by atoms with Gasteiger partial charge < -0.3 is 5.32 Å². The van der Waals surface area contributed by atoms with Crippen molar-refractivity contribution in [3.05, 3.63) is 41.8 Å². The number of carbonyl (C=O) groups excluding carboxylic acids is 1. The van der Waals surface area contributed by atoms with Crippen LogP contribution >= 0.6 is 0 Å². The van der Waals surface area contributed by atoms with E-state index in [9.17, 15) is 18.0 Å². The van der Waals surface area contributed by atoms with E-state index < -0.39 is 29.6 Å². The molecule has 1 fully saturated rings. The molecule has 2 aromatic rings. The summed E-state index contributed by atoms with van der Waals surface area (Å²) in [4.78, 5) is 16.8. The number of nitrogens with zero attached hydrogens (tertiary/aromatic N) is 1. The van der Waals surface area contributed by atoms with Gasteiger partial charge in [0.15, 0.2) is 0 Å². The third-order valence-electron chi connectivity index (χ3n) is 5.25. The lowest BCUT2D eigenvalue weighted by atomic mass is 9.83. The van der Waals surface area contributed by atoms with Gasteiger partial charge in [0.1, 0.15) is 11.3 Å². The number of amides is 1. The number of rotatable bonds is 6. The van der Waals surface area contributed by atoms with E-state index in [4.69, 9.17) is 0 Å². The second-order valence-corrected chi connectivity index (χ2v) is 8.15. The van der Waals surface area contributed by atoms with Crippen molar-refractivity contribution in [2.75, 3.05) is 0 Å². The predicted octanol–water partition coefficient (Wildman–Crippen LogP) is 5.49. The highest BCUT2D eigenvalue weighted by atomic mass is 19.3. The van der Waals surface area contributed by atoms with Crippen LogP contribution in [0.5, 0.6) is 0 Å². The fraction of sp³-hybridized carbons (Fsp3) is 0.524. The maximum atomic E-state index is 13.8. The molecule has 146 valence electrons. The van der Waals surface area contributed by atoms with E-state index in [1.54, 1.807) is 25.1 Å². The molecular weight excluding hydrogens is 353 g/mol. The molecule has 1 saturated carbocycles. The Labute approximate surface area is 157 Å². The van der Waals surface area contributed by atoms with Crippen LogP contribution in [-0.2, 0) is 0 Å². The van der Waals surface area contributed by atoms with Gasteiger partial charge in [0.05, 0.1) is 5.56 Å². The van der Waals surface area contributed by atoms with Gasteiger partial charge in [-0.15, -0.1) is 0 Å². The molecule has 1 aromatic carbocycles. The molecule has 1 heterocycles. The fourth-order valence-electron chi connectivity index (χ4n) is 4.30. The Morgan fingerprint density at radius 2 is 1.96 bits per heavy atom. The highest BCUT2D eigenvalue weighted by Gasteiger charge is 2.39. The van der Waals surface area contributed by atoms with Crippen molar-refractivity contribution in [3.63, 3.8) is 0 Å². The Bertz CT molecular complexity index is 828. The average molecular weight is 378 g/mol. The highest BCUT2D eigenvalue weighted by Crippen LogP contribution is 2.36. The van der Waals surface area contributed by atoms with E-state index in [-0.39, 0.29) is 11.1 Å². The maximum absolute atomic E-state index is 13.8. The molecule has 0 saturated heterocycles. The van der Waals surface area contributed by atoms with Crippen LogP contribution in [-0.4, -0.2) is 22.4 Å². The zero-order valence-electron chi connectivity index (χ0n) is 15.7. The van der Waals surface area contributed by atoms with Crippen LogP contribution < -0.4 is 5.32 Å². The second kappa shape index (κ2) is 7.49. The zero-order chi connectivity index (χ0) is 19.7. The van der Waals surface area contributed by atoms with Crippen molar-refractivity contribution in [2.45, 2.75) is 63.8 Å². The van der Waals surface area contributed by atoms with Crippen molar-refractivity contribution >= 4 is 16.8 Å². The predicted molar refractivity (Wildman–Crippen MR) is 99.4 cm³/mol. The van der Waals surface area contributed by atoms with Crippen molar-refractivity contribution in [1.29, 1.82) is 0 Å². The number of hydrogen-bond donors (Lipinski definition) is 1. The van der Waals surface area contributed by atoms with Crippen molar-refractivity contribution < 1.29 is 18.0 Å². The molecule has 1 aromatic heterocycles. The first kappa shape index (κ1) is 19.6. The van der Waals surface area contributed by atoms with E-state index in [0.717, 1.165) is 32.6 Å². The molecule has 1 N–H and O–H groups in total. The van der Waals surface area contributed by atoms with Gasteiger partial charge in [-0.25, -0.2) is 13.2 Å². The van der Waals surface area contributed by atoms with Crippen LogP contribution in [0.2, 0.25) is 0 Å². The molecule has 1 atom stereocenters. The number of halogens is 3. The number of alkyl halides is 2. The van der Waals surface area contributed by atoms with E-state index in [0.29, 0.717) is 17.7 Å². The molecular formula is C21H25F3N2O. The van der Waals surface area contributed by atoms with Crippen LogP contribution in [0.1, 0.15) is 62.7 Å². The van der Waals surface area contributed by atoms with E-state index in [1.807, 2.05) is 0 Å². The first-order valence-corrected chi connectivity index (χ1v) is 9.40. The summed E-state index contributed by atoms with van der Waals surface area (Å²) < 4.78 is 41.3. The largest absolute Gasteiger partial charge is 0.347 e. The van der Waals surface area contributed by atoms with Gasteiger partial charge in [-0.2, -0.15) is 0 Å². The zero-order valence-corrected chi connectivity index (χ0v) is 15.7. The summed E-state index contributed by atoms with van der Waals surface area (Å²) in [6.07, 6.45) is 5.64. The fourth-order valence-corrected chi connectivity index (χ4v) is 4.30.